The van der Waals surface area contributed by atoms with Crippen LogP contribution in [0.15, 0.2) is 16.1 Å². The van der Waals surface area contributed by atoms with Gasteiger partial charge in [0, 0.05) is 24.5 Å². The summed E-state index contributed by atoms with van der Waals surface area (Å²) in [6.07, 6.45) is 2.21. The van der Waals surface area contributed by atoms with E-state index in [4.69, 9.17) is 0 Å². The maximum Gasteiger partial charge on any atom is 0.267 e. The average Bonchev–Trinajstić information content (AvgIpc) is 2.78. The Labute approximate surface area is 104 Å². The molecule has 0 saturated carbocycles. The molecule has 1 aliphatic heterocycles. The second-order valence-electron chi connectivity index (χ2n) is 4.04. The number of hydrogen-bond donors (Lipinski definition) is 1. The smallest absolute Gasteiger partial charge is 0.267 e. The highest BCUT2D eigenvalue weighted by atomic mass is 32.2. The number of fused-ring (bicyclic) bond motifs is 1. The summed E-state index contributed by atoms with van der Waals surface area (Å²) < 4.78 is 1.57. The maximum absolute atomic E-state index is 12.0. The quantitative estimate of drug-likeness (QED) is 0.812. The fraction of sp³-hybridized carbons (Fsp3) is 0.545. The molecule has 17 heavy (non-hydrogen) atoms. The molecule has 2 heterocycles. The molecule has 1 aromatic rings. The van der Waals surface area contributed by atoms with Gasteiger partial charge in [0.2, 0.25) is 0 Å². The number of thioether (sulfide) groups is 1. The standard InChI is InChI=1S/C11H15N3O2S/c1-3-7(2)13-9(15)8-6-12-11-14(10(8)16)4-5-17-11/h6-7H,3-5H2,1-2H3,(H,13,15)/t7-/m1/s1. The van der Waals surface area contributed by atoms with Crippen molar-refractivity contribution in [3.63, 3.8) is 0 Å². The summed E-state index contributed by atoms with van der Waals surface area (Å²) in [6, 6.07) is 0.0644. The number of nitrogens with zero attached hydrogens (tertiary/aromatic N) is 2. The zero-order valence-electron chi connectivity index (χ0n) is 9.90. The Balaban J connectivity index is 2.28. The van der Waals surface area contributed by atoms with Gasteiger partial charge in [-0.25, -0.2) is 4.98 Å². The van der Waals surface area contributed by atoms with E-state index in [1.807, 2.05) is 13.8 Å². The first-order chi connectivity index (χ1) is 8.13. The van der Waals surface area contributed by atoms with Crippen molar-refractivity contribution < 1.29 is 4.79 Å². The highest BCUT2D eigenvalue weighted by Gasteiger charge is 2.20. The zero-order valence-corrected chi connectivity index (χ0v) is 10.7. The molecule has 0 aliphatic carbocycles. The molecule has 1 N–H and O–H groups in total. The molecule has 1 aliphatic rings. The van der Waals surface area contributed by atoms with Crippen LogP contribution in [0.5, 0.6) is 0 Å². The lowest BCUT2D eigenvalue weighted by molar-refractivity contribution is 0.0936. The average molecular weight is 253 g/mol. The van der Waals surface area contributed by atoms with Gasteiger partial charge in [-0.2, -0.15) is 0 Å². The van der Waals surface area contributed by atoms with E-state index >= 15 is 0 Å². The van der Waals surface area contributed by atoms with Gasteiger partial charge in [0.1, 0.15) is 5.56 Å². The zero-order chi connectivity index (χ0) is 12.4. The summed E-state index contributed by atoms with van der Waals surface area (Å²) in [4.78, 5) is 28.0. The monoisotopic (exact) mass is 253 g/mol. The first kappa shape index (κ1) is 12.2. The van der Waals surface area contributed by atoms with Gasteiger partial charge in [-0.15, -0.1) is 0 Å². The van der Waals surface area contributed by atoms with E-state index in [0.717, 1.165) is 12.2 Å². The van der Waals surface area contributed by atoms with Gasteiger partial charge >= 0.3 is 0 Å². The Bertz CT molecular complexity index is 498. The van der Waals surface area contributed by atoms with Crippen LogP contribution in [0.3, 0.4) is 0 Å². The van der Waals surface area contributed by atoms with Crippen molar-refractivity contribution in [2.24, 2.45) is 0 Å². The Hall–Kier alpha value is -1.30. The lowest BCUT2D eigenvalue weighted by atomic mass is 10.2. The molecule has 0 unspecified atom stereocenters. The highest BCUT2D eigenvalue weighted by molar-refractivity contribution is 7.99. The van der Waals surface area contributed by atoms with Crippen molar-refractivity contribution in [2.75, 3.05) is 5.75 Å². The molecule has 0 saturated heterocycles. The summed E-state index contributed by atoms with van der Waals surface area (Å²) in [5.41, 5.74) is -0.0997. The fourth-order valence-electron chi connectivity index (χ4n) is 1.58. The van der Waals surface area contributed by atoms with Gasteiger partial charge in [-0.3, -0.25) is 14.2 Å². The molecule has 1 aromatic heterocycles. The number of carbonyl (C=O) groups is 1. The molecular formula is C11H15N3O2S. The van der Waals surface area contributed by atoms with Crippen LogP contribution in [0.2, 0.25) is 0 Å². The van der Waals surface area contributed by atoms with Crippen molar-refractivity contribution >= 4 is 17.7 Å². The minimum Gasteiger partial charge on any atom is -0.349 e. The van der Waals surface area contributed by atoms with E-state index < -0.39 is 0 Å². The van der Waals surface area contributed by atoms with Crippen LogP contribution < -0.4 is 10.9 Å². The maximum atomic E-state index is 12.0. The Morgan fingerprint density at radius 1 is 1.71 bits per heavy atom. The SMILES string of the molecule is CC[C@@H](C)NC(=O)c1cnc2n(c1=O)CCS2. The lowest BCUT2D eigenvalue weighted by Crippen LogP contribution is -2.37. The summed E-state index contributed by atoms with van der Waals surface area (Å²) >= 11 is 1.54. The van der Waals surface area contributed by atoms with Crippen LogP contribution in [-0.4, -0.2) is 27.3 Å². The molecule has 0 bridgehead atoms. The van der Waals surface area contributed by atoms with Gasteiger partial charge in [0.15, 0.2) is 5.16 Å². The molecule has 6 heteroatoms. The highest BCUT2D eigenvalue weighted by Crippen LogP contribution is 2.20. The third kappa shape index (κ3) is 2.36. The topological polar surface area (TPSA) is 64.0 Å². The second-order valence-corrected chi connectivity index (χ2v) is 5.10. The van der Waals surface area contributed by atoms with E-state index in [-0.39, 0.29) is 23.1 Å². The van der Waals surface area contributed by atoms with Crippen LogP contribution in [0, 0.1) is 0 Å². The number of nitrogens with one attached hydrogen (secondary N) is 1. The van der Waals surface area contributed by atoms with Crippen molar-refractivity contribution in [2.45, 2.75) is 38.0 Å². The van der Waals surface area contributed by atoms with E-state index in [2.05, 4.69) is 10.3 Å². The normalized spacial score (nSPS) is 15.4. The molecule has 1 atom stereocenters. The number of rotatable bonds is 3. The van der Waals surface area contributed by atoms with Crippen LogP contribution in [0.25, 0.3) is 0 Å². The van der Waals surface area contributed by atoms with Crippen LogP contribution >= 0.6 is 11.8 Å². The first-order valence-electron chi connectivity index (χ1n) is 5.67. The van der Waals surface area contributed by atoms with Gasteiger partial charge in [-0.1, -0.05) is 18.7 Å². The number of carbonyl (C=O) groups excluding carboxylic acids is 1. The third-order valence-electron chi connectivity index (χ3n) is 2.79. The minimum absolute atomic E-state index is 0.0644. The predicted octanol–water partition coefficient (Wildman–Crippen LogP) is 0.877. The Morgan fingerprint density at radius 3 is 3.18 bits per heavy atom. The van der Waals surface area contributed by atoms with Crippen molar-refractivity contribution in [1.29, 1.82) is 0 Å². The number of amides is 1. The molecule has 92 valence electrons. The first-order valence-corrected chi connectivity index (χ1v) is 6.65. The van der Waals surface area contributed by atoms with Crippen LogP contribution in [0.4, 0.5) is 0 Å². The van der Waals surface area contributed by atoms with E-state index in [1.54, 1.807) is 16.3 Å². The molecular weight excluding hydrogens is 238 g/mol. The van der Waals surface area contributed by atoms with E-state index in [1.165, 1.54) is 6.20 Å². The molecule has 2 rings (SSSR count). The predicted molar refractivity (Wildman–Crippen MR) is 66.4 cm³/mol. The van der Waals surface area contributed by atoms with Crippen LogP contribution in [-0.2, 0) is 6.54 Å². The molecule has 0 radical (unpaired) electrons. The van der Waals surface area contributed by atoms with E-state index in [0.29, 0.717) is 11.7 Å². The third-order valence-corrected chi connectivity index (χ3v) is 3.76. The van der Waals surface area contributed by atoms with Crippen molar-refractivity contribution in [1.82, 2.24) is 14.9 Å². The fourth-order valence-corrected chi connectivity index (χ4v) is 2.49. The molecule has 1 amide bonds. The van der Waals surface area contributed by atoms with Crippen molar-refractivity contribution in [3.05, 3.63) is 22.1 Å². The number of hydrogen-bond acceptors (Lipinski definition) is 4. The summed E-state index contributed by atoms with van der Waals surface area (Å²) in [5, 5.41) is 3.48. The minimum atomic E-state index is -0.330. The molecule has 0 fully saturated rings. The Kier molecular flexibility index (Phi) is 3.51. The summed E-state index contributed by atoms with van der Waals surface area (Å²) in [5.74, 6) is 0.516. The summed E-state index contributed by atoms with van der Waals surface area (Å²) in [7, 11) is 0. The van der Waals surface area contributed by atoms with Gasteiger partial charge in [0.05, 0.1) is 0 Å². The van der Waals surface area contributed by atoms with Gasteiger partial charge in [-0.05, 0) is 13.3 Å². The molecule has 5 nitrogen and oxygen atoms in total. The van der Waals surface area contributed by atoms with Crippen LogP contribution in [0.1, 0.15) is 30.6 Å². The second kappa shape index (κ2) is 4.91. The largest absolute Gasteiger partial charge is 0.349 e. The van der Waals surface area contributed by atoms with Gasteiger partial charge < -0.3 is 5.32 Å². The number of aromatic nitrogens is 2. The Morgan fingerprint density at radius 2 is 2.47 bits per heavy atom. The van der Waals surface area contributed by atoms with Gasteiger partial charge in [0.25, 0.3) is 11.5 Å². The molecule has 0 aromatic carbocycles. The summed E-state index contributed by atoms with van der Waals surface area (Å²) in [6.45, 7) is 4.53. The molecule has 0 spiro atoms. The lowest BCUT2D eigenvalue weighted by Gasteiger charge is -2.11. The van der Waals surface area contributed by atoms with E-state index in [9.17, 15) is 9.59 Å². The van der Waals surface area contributed by atoms with Crippen molar-refractivity contribution in [3.8, 4) is 0 Å².